The number of hydrogen-bond acceptors (Lipinski definition) is 4. The Balaban J connectivity index is 0. The van der Waals surface area contributed by atoms with Crippen LogP contribution >= 0.6 is 0 Å². The molecule has 4 nitrogen and oxygen atoms in total. The fraction of sp³-hybridized carbons (Fsp3) is 1.00. The van der Waals surface area contributed by atoms with Crippen LogP contribution in [0.5, 0.6) is 0 Å². The van der Waals surface area contributed by atoms with Crippen LogP contribution in [0.3, 0.4) is 0 Å². The average molecular weight is 166 g/mol. The van der Waals surface area contributed by atoms with E-state index in [1.54, 1.807) is 0 Å². The SMILES string of the molecule is CC(O)CO.CCCC(O)O. The first-order valence-corrected chi connectivity index (χ1v) is 3.69. The molecule has 4 N–H and O–H groups in total. The van der Waals surface area contributed by atoms with Crippen molar-refractivity contribution in [3.05, 3.63) is 0 Å². The molecule has 0 saturated carbocycles. The van der Waals surface area contributed by atoms with Crippen LogP contribution in [0.25, 0.3) is 0 Å². The molecule has 0 rings (SSSR count). The van der Waals surface area contributed by atoms with Crippen LogP contribution in [0.1, 0.15) is 26.7 Å². The van der Waals surface area contributed by atoms with E-state index in [9.17, 15) is 0 Å². The number of aliphatic hydroxyl groups excluding tert-OH is 3. The van der Waals surface area contributed by atoms with Crippen molar-refractivity contribution in [2.24, 2.45) is 0 Å². The summed E-state index contributed by atoms with van der Waals surface area (Å²) in [6.45, 7) is 3.29. The lowest BCUT2D eigenvalue weighted by atomic mass is 10.3. The summed E-state index contributed by atoms with van der Waals surface area (Å²) in [5, 5.41) is 32.2. The third-order valence-corrected chi connectivity index (χ3v) is 0.811. The van der Waals surface area contributed by atoms with Crippen LogP contribution in [0.2, 0.25) is 0 Å². The maximum atomic E-state index is 8.11. The van der Waals surface area contributed by atoms with Gasteiger partial charge in [-0.05, 0) is 13.3 Å². The Labute approximate surface area is 67.1 Å². The van der Waals surface area contributed by atoms with Gasteiger partial charge in [0.05, 0.1) is 12.7 Å². The number of aliphatic hydroxyl groups is 4. The van der Waals surface area contributed by atoms with Crippen LogP contribution in [0, 0.1) is 0 Å². The van der Waals surface area contributed by atoms with Crippen LogP contribution in [0.15, 0.2) is 0 Å². The Morgan fingerprint density at radius 2 is 1.55 bits per heavy atom. The van der Waals surface area contributed by atoms with Gasteiger partial charge in [0, 0.05) is 0 Å². The molecule has 0 amide bonds. The normalized spacial score (nSPS) is 12.3. The predicted octanol–water partition coefficient (Wildman–Crippen LogP) is -0.543. The highest BCUT2D eigenvalue weighted by molar-refractivity contribution is 4.34. The maximum absolute atomic E-state index is 8.11. The molecule has 0 radical (unpaired) electrons. The smallest absolute Gasteiger partial charge is 0.151 e. The standard InChI is InChI=1S/C4H10O2.C3H8O2/c1-2-3-4(5)6;1-3(5)2-4/h4-6H,2-3H2,1H3;3-5H,2H2,1H3. The van der Waals surface area contributed by atoms with E-state index in [0.717, 1.165) is 6.42 Å². The Bertz CT molecular complexity index is 63.5. The van der Waals surface area contributed by atoms with E-state index < -0.39 is 12.4 Å². The van der Waals surface area contributed by atoms with Gasteiger partial charge >= 0.3 is 0 Å². The first kappa shape index (κ1) is 13.4. The molecule has 0 aliphatic rings. The van der Waals surface area contributed by atoms with Gasteiger partial charge in [-0.15, -0.1) is 0 Å². The molecule has 70 valence electrons. The van der Waals surface area contributed by atoms with E-state index >= 15 is 0 Å². The van der Waals surface area contributed by atoms with Gasteiger partial charge in [-0.3, -0.25) is 0 Å². The van der Waals surface area contributed by atoms with E-state index in [1.165, 1.54) is 6.92 Å². The Morgan fingerprint density at radius 1 is 1.18 bits per heavy atom. The highest BCUT2D eigenvalue weighted by Crippen LogP contribution is 1.88. The highest BCUT2D eigenvalue weighted by Gasteiger charge is 1.89. The van der Waals surface area contributed by atoms with Crippen molar-refractivity contribution in [1.29, 1.82) is 0 Å². The molecule has 11 heavy (non-hydrogen) atoms. The van der Waals surface area contributed by atoms with Crippen molar-refractivity contribution < 1.29 is 20.4 Å². The number of rotatable bonds is 3. The van der Waals surface area contributed by atoms with E-state index in [4.69, 9.17) is 20.4 Å². The molecule has 0 aliphatic carbocycles. The average Bonchev–Trinajstić information content (AvgIpc) is 1.89. The van der Waals surface area contributed by atoms with Crippen molar-refractivity contribution in [2.45, 2.75) is 39.1 Å². The lowest BCUT2D eigenvalue weighted by molar-refractivity contribution is -0.0453. The number of hydrogen-bond donors (Lipinski definition) is 4. The van der Waals surface area contributed by atoms with Gasteiger partial charge < -0.3 is 20.4 Å². The second-order valence-corrected chi connectivity index (χ2v) is 2.30. The summed E-state index contributed by atoms with van der Waals surface area (Å²) >= 11 is 0. The largest absolute Gasteiger partial charge is 0.394 e. The predicted molar refractivity (Wildman–Crippen MR) is 41.9 cm³/mol. The summed E-state index contributed by atoms with van der Waals surface area (Å²) in [4.78, 5) is 0. The summed E-state index contributed by atoms with van der Waals surface area (Å²) in [6, 6.07) is 0. The zero-order chi connectivity index (χ0) is 9.28. The first-order valence-electron chi connectivity index (χ1n) is 3.69. The fourth-order valence-corrected chi connectivity index (χ4v) is 0.258. The molecule has 0 aliphatic heterocycles. The minimum absolute atomic E-state index is 0.139. The first-order chi connectivity index (χ1) is 5.04. The molecular formula is C7H18O4. The van der Waals surface area contributed by atoms with Crippen LogP contribution in [-0.2, 0) is 0 Å². The van der Waals surface area contributed by atoms with E-state index in [1.807, 2.05) is 6.92 Å². The van der Waals surface area contributed by atoms with Gasteiger partial charge in [0.15, 0.2) is 6.29 Å². The van der Waals surface area contributed by atoms with Gasteiger partial charge in [0.25, 0.3) is 0 Å². The molecule has 0 heterocycles. The molecule has 0 aromatic carbocycles. The van der Waals surface area contributed by atoms with E-state index in [-0.39, 0.29) is 6.61 Å². The molecule has 0 aromatic rings. The van der Waals surface area contributed by atoms with Gasteiger partial charge in [-0.2, -0.15) is 0 Å². The topological polar surface area (TPSA) is 80.9 Å². The van der Waals surface area contributed by atoms with Crippen molar-refractivity contribution in [3.63, 3.8) is 0 Å². The monoisotopic (exact) mass is 166 g/mol. The zero-order valence-electron chi connectivity index (χ0n) is 7.06. The van der Waals surface area contributed by atoms with E-state index in [0.29, 0.717) is 6.42 Å². The molecule has 4 heteroatoms. The van der Waals surface area contributed by atoms with Gasteiger partial charge in [0.2, 0.25) is 0 Å². The van der Waals surface area contributed by atoms with Gasteiger partial charge in [0.1, 0.15) is 0 Å². The molecule has 0 saturated heterocycles. The zero-order valence-corrected chi connectivity index (χ0v) is 7.06. The summed E-state index contributed by atoms with van der Waals surface area (Å²) in [5.41, 5.74) is 0. The Hall–Kier alpha value is -0.160. The molecule has 0 bridgehead atoms. The third kappa shape index (κ3) is 25.8. The van der Waals surface area contributed by atoms with Gasteiger partial charge in [-0.1, -0.05) is 13.3 Å². The molecule has 0 aromatic heterocycles. The maximum Gasteiger partial charge on any atom is 0.151 e. The summed E-state index contributed by atoms with van der Waals surface area (Å²) in [6.07, 6.45) is -0.345. The minimum atomic E-state index is -1.10. The molecular weight excluding hydrogens is 148 g/mol. The summed E-state index contributed by atoms with van der Waals surface area (Å²) in [5.74, 6) is 0. The molecule has 1 unspecified atom stereocenters. The molecule has 1 atom stereocenters. The van der Waals surface area contributed by atoms with Crippen LogP contribution in [-0.4, -0.2) is 39.4 Å². The lowest BCUT2D eigenvalue weighted by Gasteiger charge is -1.94. The molecule has 0 spiro atoms. The van der Waals surface area contributed by atoms with Crippen molar-refractivity contribution in [2.75, 3.05) is 6.61 Å². The second kappa shape index (κ2) is 9.84. The van der Waals surface area contributed by atoms with Crippen molar-refractivity contribution >= 4 is 0 Å². The van der Waals surface area contributed by atoms with Crippen molar-refractivity contribution in [3.8, 4) is 0 Å². The summed E-state index contributed by atoms with van der Waals surface area (Å²) in [7, 11) is 0. The summed E-state index contributed by atoms with van der Waals surface area (Å²) < 4.78 is 0. The van der Waals surface area contributed by atoms with E-state index in [2.05, 4.69) is 0 Å². The quantitative estimate of drug-likeness (QED) is 0.424. The Morgan fingerprint density at radius 3 is 1.55 bits per heavy atom. The van der Waals surface area contributed by atoms with Crippen LogP contribution < -0.4 is 0 Å². The van der Waals surface area contributed by atoms with Gasteiger partial charge in [-0.25, -0.2) is 0 Å². The fourth-order valence-electron chi connectivity index (χ4n) is 0.258. The lowest BCUT2D eigenvalue weighted by Crippen LogP contribution is -2.03. The minimum Gasteiger partial charge on any atom is -0.394 e. The highest BCUT2D eigenvalue weighted by atomic mass is 16.5. The van der Waals surface area contributed by atoms with Crippen LogP contribution in [0.4, 0.5) is 0 Å². The second-order valence-electron chi connectivity index (χ2n) is 2.30. The Kier molecular flexibility index (Phi) is 12.0. The third-order valence-electron chi connectivity index (χ3n) is 0.811. The molecule has 0 fully saturated rings. The van der Waals surface area contributed by atoms with Crippen molar-refractivity contribution in [1.82, 2.24) is 0 Å².